The van der Waals surface area contributed by atoms with Crippen molar-refractivity contribution in [2.75, 3.05) is 13.1 Å². The van der Waals surface area contributed by atoms with Gasteiger partial charge in [0, 0.05) is 13.1 Å². The predicted molar refractivity (Wildman–Crippen MR) is 67.6 cm³/mol. The molecule has 1 fully saturated rings. The number of aliphatic hydroxyl groups is 1. The first-order valence-electron chi connectivity index (χ1n) is 5.69. The molecule has 1 aliphatic heterocycles. The van der Waals surface area contributed by atoms with Crippen LogP contribution in [0.2, 0.25) is 0 Å². The Morgan fingerprint density at radius 3 is 2.84 bits per heavy atom. The molecule has 0 spiro atoms. The van der Waals surface area contributed by atoms with Crippen molar-refractivity contribution in [2.24, 2.45) is 5.92 Å². The Balaban J connectivity index is 2.33. The van der Waals surface area contributed by atoms with Crippen molar-refractivity contribution in [3.05, 3.63) is 11.2 Å². The Kier molecular flexibility index (Phi) is 3.90. The van der Waals surface area contributed by atoms with Crippen molar-refractivity contribution in [2.45, 2.75) is 23.7 Å². The highest BCUT2D eigenvalue weighted by molar-refractivity contribution is 7.91. The molecule has 2 N–H and O–H groups in total. The molecule has 0 bridgehead atoms. The van der Waals surface area contributed by atoms with Crippen LogP contribution in [0, 0.1) is 5.92 Å². The number of nitrogens with zero attached hydrogens (tertiary/aromatic N) is 2. The van der Waals surface area contributed by atoms with Gasteiger partial charge in [-0.05, 0) is 12.3 Å². The lowest BCUT2D eigenvalue weighted by molar-refractivity contribution is 0.0624. The molecule has 106 valence electrons. The summed E-state index contributed by atoms with van der Waals surface area (Å²) >= 11 is 0.796. The zero-order valence-electron chi connectivity index (χ0n) is 10.2. The van der Waals surface area contributed by atoms with E-state index in [1.807, 2.05) is 0 Å². The largest absolute Gasteiger partial charge is 0.476 e. The molecule has 9 heteroatoms. The zero-order chi connectivity index (χ0) is 14.2. The van der Waals surface area contributed by atoms with Crippen LogP contribution in [-0.2, 0) is 10.0 Å². The van der Waals surface area contributed by atoms with Gasteiger partial charge in [-0.15, -0.1) is 11.3 Å². The molecule has 0 aliphatic carbocycles. The van der Waals surface area contributed by atoms with Crippen LogP contribution in [0.5, 0.6) is 0 Å². The molecule has 2 atom stereocenters. The lowest BCUT2D eigenvalue weighted by Gasteiger charge is -2.33. The van der Waals surface area contributed by atoms with E-state index in [1.54, 1.807) is 6.92 Å². The van der Waals surface area contributed by atoms with Gasteiger partial charge in [-0.25, -0.2) is 18.2 Å². The molecule has 1 aromatic rings. The Bertz CT molecular complexity index is 582. The van der Waals surface area contributed by atoms with Crippen LogP contribution in [-0.4, -0.2) is 53.1 Å². The van der Waals surface area contributed by atoms with Gasteiger partial charge in [0.1, 0.15) is 0 Å². The van der Waals surface area contributed by atoms with Gasteiger partial charge < -0.3 is 10.2 Å². The maximum Gasteiger partial charge on any atom is 0.356 e. The van der Waals surface area contributed by atoms with Crippen LogP contribution in [0.3, 0.4) is 0 Å². The molecule has 2 heterocycles. The van der Waals surface area contributed by atoms with Gasteiger partial charge in [0.05, 0.1) is 11.6 Å². The first-order chi connectivity index (χ1) is 8.84. The number of aromatic nitrogens is 1. The molecular formula is C10H14N2O5S2. The van der Waals surface area contributed by atoms with Crippen molar-refractivity contribution in [1.29, 1.82) is 0 Å². The second-order valence-corrected chi connectivity index (χ2v) is 7.48. The molecule has 1 saturated heterocycles. The first kappa shape index (κ1) is 14.4. The standard InChI is InChI=1S/C10H14N2O5S2/c1-6-4-12(3-2-7(6)13)19(16,17)10-8(9(14)15)11-5-18-10/h5-7,13H,2-4H2,1H3,(H,14,15). The topological polar surface area (TPSA) is 108 Å². The van der Waals surface area contributed by atoms with Crippen LogP contribution in [0.4, 0.5) is 0 Å². The molecule has 1 aromatic heterocycles. The van der Waals surface area contributed by atoms with E-state index in [-0.39, 0.29) is 23.2 Å². The fraction of sp³-hybridized carbons (Fsp3) is 0.600. The number of thiazole rings is 1. The summed E-state index contributed by atoms with van der Waals surface area (Å²) in [6, 6.07) is 0. The Morgan fingerprint density at radius 2 is 2.26 bits per heavy atom. The van der Waals surface area contributed by atoms with Crippen LogP contribution >= 0.6 is 11.3 Å². The zero-order valence-corrected chi connectivity index (χ0v) is 11.8. The molecule has 1 aliphatic rings. The van der Waals surface area contributed by atoms with E-state index in [1.165, 1.54) is 9.82 Å². The number of carboxylic acids is 1. The molecule has 0 saturated carbocycles. The highest BCUT2D eigenvalue weighted by Gasteiger charge is 2.36. The summed E-state index contributed by atoms with van der Waals surface area (Å²) in [6.45, 7) is 2.13. The maximum atomic E-state index is 12.4. The van der Waals surface area contributed by atoms with Gasteiger partial charge in [-0.3, -0.25) is 0 Å². The average molecular weight is 306 g/mol. The summed E-state index contributed by atoms with van der Waals surface area (Å²) in [5.41, 5.74) is 0.766. The number of carboxylic acid groups (broad SMARTS) is 1. The molecule has 0 aromatic carbocycles. The van der Waals surface area contributed by atoms with E-state index >= 15 is 0 Å². The lowest BCUT2D eigenvalue weighted by atomic mass is 9.99. The van der Waals surface area contributed by atoms with E-state index in [2.05, 4.69) is 4.98 Å². The highest BCUT2D eigenvalue weighted by Crippen LogP contribution is 2.28. The van der Waals surface area contributed by atoms with Gasteiger partial charge in [0.25, 0.3) is 10.0 Å². The van der Waals surface area contributed by atoms with Crippen molar-refractivity contribution in [3.63, 3.8) is 0 Å². The minimum Gasteiger partial charge on any atom is -0.476 e. The summed E-state index contributed by atoms with van der Waals surface area (Å²) in [5.74, 6) is -1.53. The smallest absolute Gasteiger partial charge is 0.356 e. The Labute approximate surface area is 114 Å². The van der Waals surface area contributed by atoms with Crippen molar-refractivity contribution in [1.82, 2.24) is 9.29 Å². The summed E-state index contributed by atoms with van der Waals surface area (Å²) in [6.07, 6.45) is -0.173. The first-order valence-corrected chi connectivity index (χ1v) is 8.01. The fourth-order valence-electron chi connectivity index (χ4n) is 1.99. The monoisotopic (exact) mass is 306 g/mol. The summed E-state index contributed by atoms with van der Waals surface area (Å²) in [7, 11) is -3.85. The number of hydrogen-bond donors (Lipinski definition) is 2. The summed E-state index contributed by atoms with van der Waals surface area (Å²) in [5, 5.41) is 18.5. The quantitative estimate of drug-likeness (QED) is 0.828. The number of rotatable bonds is 3. The van der Waals surface area contributed by atoms with Crippen molar-refractivity contribution in [3.8, 4) is 0 Å². The van der Waals surface area contributed by atoms with Crippen LogP contribution in [0.1, 0.15) is 23.8 Å². The third-order valence-corrected chi connectivity index (χ3v) is 6.35. The molecule has 7 nitrogen and oxygen atoms in total. The molecule has 19 heavy (non-hydrogen) atoms. The van der Waals surface area contributed by atoms with E-state index in [4.69, 9.17) is 5.11 Å². The number of sulfonamides is 1. The number of carbonyl (C=O) groups is 1. The number of aromatic carboxylic acids is 1. The van der Waals surface area contributed by atoms with Gasteiger partial charge in [-0.1, -0.05) is 6.92 Å². The molecule has 2 unspecified atom stereocenters. The molecule has 2 rings (SSSR count). The van der Waals surface area contributed by atoms with Crippen LogP contribution in [0.25, 0.3) is 0 Å². The van der Waals surface area contributed by atoms with E-state index in [9.17, 15) is 18.3 Å². The minimum absolute atomic E-state index is 0.176. The normalized spacial score (nSPS) is 25.4. The SMILES string of the molecule is CC1CN(S(=O)(=O)c2scnc2C(=O)O)CCC1O. The van der Waals surface area contributed by atoms with Crippen LogP contribution in [0.15, 0.2) is 9.72 Å². The van der Waals surface area contributed by atoms with Gasteiger partial charge in [0.15, 0.2) is 9.90 Å². The van der Waals surface area contributed by atoms with Crippen molar-refractivity contribution >= 4 is 27.3 Å². The second kappa shape index (κ2) is 5.16. The Hall–Kier alpha value is -1.03. The fourth-order valence-corrected chi connectivity index (χ4v) is 4.82. The third kappa shape index (κ3) is 2.64. The average Bonchev–Trinajstić information content (AvgIpc) is 2.82. The molecule has 0 radical (unpaired) electrons. The Morgan fingerprint density at radius 1 is 1.58 bits per heavy atom. The van der Waals surface area contributed by atoms with Gasteiger partial charge >= 0.3 is 5.97 Å². The predicted octanol–water partition coefficient (Wildman–Crippen LogP) is 0.233. The van der Waals surface area contributed by atoms with E-state index in [0.29, 0.717) is 6.42 Å². The van der Waals surface area contributed by atoms with Gasteiger partial charge in [0.2, 0.25) is 0 Å². The maximum absolute atomic E-state index is 12.4. The minimum atomic E-state index is -3.85. The number of piperidine rings is 1. The summed E-state index contributed by atoms with van der Waals surface area (Å²) in [4.78, 5) is 14.5. The lowest BCUT2D eigenvalue weighted by Crippen LogP contribution is -2.44. The number of hydrogen-bond acceptors (Lipinski definition) is 6. The highest BCUT2D eigenvalue weighted by atomic mass is 32.2. The molecule has 0 amide bonds. The summed E-state index contributed by atoms with van der Waals surface area (Å²) < 4.78 is 25.7. The van der Waals surface area contributed by atoms with E-state index < -0.39 is 27.8 Å². The van der Waals surface area contributed by atoms with Gasteiger partial charge in [-0.2, -0.15) is 4.31 Å². The second-order valence-electron chi connectivity index (χ2n) is 4.49. The van der Waals surface area contributed by atoms with Crippen LogP contribution < -0.4 is 0 Å². The molecular weight excluding hydrogens is 292 g/mol. The van der Waals surface area contributed by atoms with E-state index in [0.717, 1.165) is 11.3 Å². The number of aliphatic hydroxyl groups excluding tert-OH is 1. The third-order valence-electron chi connectivity index (χ3n) is 3.13. The van der Waals surface area contributed by atoms with Crippen molar-refractivity contribution < 1.29 is 23.4 Å².